The lowest BCUT2D eigenvalue weighted by atomic mass is 10.0. The van der Waals surface area contributed by atoms with Crippen LogP contribution in [0.5, 0.6) is 0 Å². The van der Waals surface area contributed by atoms with E-state index in [9.17, 15) is 0 Å². The molecular formula is C20H21N. The van der Waals surface area contributed by atoms with Crippen LogP contribution in [0.3, 0.4) is 0 Å². The van der Waals surface area contributed by atoms with Gasteiger partial charge < -0.3 is 0 Å². The molecule has 1 heterocycles. The van der Waals surface area contributed by atoms with Crippen LogP contribution in [0, 0.1) is 0 Å². The van der Waals surface area contributed by atoms with Gasteiger partial charge in [0.15, 0.2) is 0 Å². The summed E-state index contributed by atoms with van der Waals surface area (Å²) in [6.07, 6.45) is 13.4. The third-order valence-corrected chi connectivity index (χ3v) is 3.22. The third-order valence-electron chi connectivity index (χ3n) is 3.22. The van der Waals surface area contributed by atoms with Gasteiger partial charge in [0.05, 0.1) is 5.69 Å². The molecule has 0 bridgehead atoms. The summed E-state index contributed by atoms with van der Waals surface area (Å²) in [5, 5.41) is 0. The van der Waals surface area contributed by atoms with Gasteiger partial charge in [-0.05, 0) is 42.7 Å². The molecule has 2 rings (SSSR count). The van der Waals surface area contributed by atoms with Crippen molar-refractivity contribution in [3.63, 3.8) is 0 Å². The average Bonchev–Trinajstić information content (AvgIpc) is 2.55. The number of rotatable bonds is 5. The number of nitrogens with zero attached hydrogens (tertiary/aromatic N) is 1. The zero-order valence-electron chi connectivity index (χ0n) is 12.7. The molecular weight excluding hydrogens is 254 g/mol. The van der Waals surface area contributed by atoms with E-state index in [1.165, 1.54) is 11.1 Å². The van der Waals surface area contributed by atoms with E-state index in [0.29, 0.717) is 0 Å². The molecule has 0 radical (unpaired) electrons. The van der Waals surface area contributed by atoms with E-state index in [1.54, 1.807) is 0 Å². The maximum atomic E-state index is 4.40. The van der Waals surface area contributed by atoms with Crippen molar-refractivity contribution in [2.45, 2.75) is 20.3 Å². The van der Waals surface area contributed by atoms with Crippen molar-refractivity contribution < 1.29 is 0 Å². The predicted octanol–water partition coefficient (Wildman–Crippen LogP) is 5.67. The van der Waals surface area contributed by atoms with E-state index in [2.05, 4.69) is 73.5 Å². The minimum absolute atomic E-state index is 1.01. The minimum Gasteiger partial charge on any atom is -0.256 e. The fraction of sp³-hybridized carbons (Fsp3) is 0.150. The summed E-state index contributed by atoms with van der Waals surface area (Å²) in [6, 6.07) is 14.5. The summed E-state index contributed by atoms with van der Waals surface area (Å²) in [5.41, 5.74) is 4.63. The lowest BCUT2D eigenvalue weighted by Crippen LogP contribution is -1.84. The Balaban J connectivity index is 2.19. The fourth-order valence-corrected chi connectivity index (χ4v) is 2.03. The Morgan fingerprint density at radius 1 is 1.05 bits per heavy atom. The first-order valence-corrected chi connectivity index (χ1v) is 7.33. The molecule has 1 heteroatoms. The van der Waals surface area contributed by atoms with Gasteiger partial charge in [0.25, 0.3) is 0 Å². The van der Waals surface area contributed by atoms with Gasteiger partial charge in [0.1, 0.15) is 0 Å². The SMILES string of the molecule is CC/C=C/C=C\C=C(/C)c1cccc(-c2ccccn2)c1. The number of hydrogen-bond acceptors (Lipinski definition) is 1. The normalized spacial score (nSPS) is 12.4. The maximum Gasteiger partial charge on any atom is 0.0702 e. The summed E-state index contributed by atoms with van der Waals surface area (Å²) >= 11 is 0. The highest BCUT2D eigenvalue weighted by Crippen LogP contribution is 2.22. The first kappa shape index (κ1) is 15.0. The summed E-state index contributed by atoms with van der Waals surface area (Å²) in [7, 11) is 0. The van der Waals surface area contributed by atoms with Crippen LogP contribution < -0.4 is 0 Å². The summed E-state index contributed by atoms with van der Waals surface area (Å²) < 4.78 is 0. The van der Waals surface area contributed by atoms with Gasteiger partial charge in [-0.2, -0.15) is 0 Å². The monoisotopic (exact) mass is 275 g/mol. The Morgan fingerprint density at radius 3 is 2.71 bits per heavy atom. The lowest BCUT2D eigenvalue weighted by Gasteiger charge is -2.05. The predicted molar refractivity (Wildman–Crippen MR) is 91.9 cm³/mol. The summed E-state index contributed by atoms with van der Waals surface area (Å²) in [4.78, 5) is 4.40. The summed E-state index contributed by atoms with van der Waals surface area (Å²) in [5.74, 6) is 0. The Kier molecular flexibility index (Phi) is 5.71. The quantitative estimate of drug-likeness (QED) is 0.640. The minimum atomic E-state index is 1.01. The molecule has 0 saturated carbocycles. The van der Waals surface area contributed by atoms with E-state index >= 15 is 0 Å². The van der Waals surface area contributed by atoms with Gasteiger partial charge in [0, 0.05) is 11.8 Å². The second-order valence-electron chi connectivity index (χ2n) is 4.87. The van der Waals surface area contributed by atoms with E-state index in [-0.39, 0.29) is 0 Å². The molecule has 0 aliphatic heterocycles. The van der Waals surface area contributed by atoms with E-state index < -0.39 is 0 Å². The van der Waals surface area contributed by atoms with Gasteiger partial charge in [-0.1, -0.05) is 61.6 Å². The van der Waals surface area contributed by atoms with Crippen LogP contribution in [-0.4, -0.2) is 4.98 Å². The molecule has 0 saturated heterocycles. The lowest BCUT2D eigenvalue weighted by molar-refractivity contribution is 1.22. The highest BCUT2D eigenvalue weighted by molar-refractivity contribution is 5.71. The van der Waals surface area contributed by atoms with Crippen LogP contribution in [0.4, 0.5) is 0 Å². The zero-order valence-corrected chi connectivity index (χ0v) is 12.7. The van der Waals surface area contributed by atoms with E-state index in [4.69, 9.17) is 0 Å². The topological polar surface area (TPSA) is 12.9 Å². The van der Waals surface area contributed by atoms with Crippen LogP contribution >= 0.6 is 0 Å². The van der Waals surface area contributed by atoms with E-state index in [1.807, 2.05) is 24.4 Å². The molecule has 1 aromatic carbocycles. The fourth-order valence-electron chi connectivity index (χ4n) is 2.03. The molecule has 106 valence electrons. The average molecular weight is 275 g/mol. The second kappa shape index (κ2) is 8.01. The molecule has 21 heavy (non-hydrogen) atoms. The smallest absolute Gasteiger partial charge is 0.0702 e. The molecule has 2 aromatic rings. The van der Waals surface area contributed by atoms with Gasteiger partial charge in [-0.15, -0.1) is 0 Å². The Hall–Kier alpha value is -2.41. The summed E-state index contributed by atoms with van der Waals surface area (Å²) in [6.45, 7) is 4.26. The van der Waals surface area contributed by atoms with Gasteiger partial charge >= 0.3 is 0 Å². The number of allylic oxidation sites excluding steroid dienone is 6. The van der Waals surface area contributed by atoms with Crippen LogP contribution in [0.25, 0.3) is 16.8 Å². The highest BCUT2D eigenvalue weighted by atomic mass is 14.7. The van der Waals surface area contributed by atoms with Gasteiger partial charge in [0.2, 0.25) is 0 Å². The van der Waals surface area contributed by atoms with Crippen LogP contribution in [0.2, 0.25) is 0 Å². The van der Waals surface area contributed by atoms with Crippen molar-refractivity contribution in [2.75, 3.05) is 0 Å². The molecule has 0 fully saturated rings. The molecule has 0 spiro atoms. The van der Waals surface area contributed by atoms with Crippen molar-refractivity contribution >= 4 is 5.57 Å². The molecule has 0 amide bonds. The van der Waals surface area contributed by atoms with Crippen molar-refractivity contribution in [1.82, 2.24) is 4.98 Å². The molecule has 0 unspecified atom stereocenters. The molecule has 0 N–H and O–H groups in total. The molecule has 0 atom stereocenters. The number of hydrogen-bond donors (Lipinski definition) is 0. The van der Waals surface area contributed by atoms with Crippen molar-refractivity contribution in [3.8, 4) is 11.3 Å². The van der Waals surface area contributed by atoms with Crippen molar-refractivity contribution in [2.24, 2.45) is 0 Å². The molecule has 0 aliphatic carbocycles. The second-order valence-corrected chi connectivity index (χ2v) is 4.87. The van der Waals surface area contributed by atoms with Gasteiger partial charge in [-0.3, -0.25) is 4.98 Å². The Labute approximate surface area is 127 Å². The largest absolute Gasteiger partial charge is 0.256 e. The maximum absolute atomic E-state index is 4.40. The van der Waals surface area contributed by atoms with Crippen LogP contribution in [0.15, 0.2) is 79.0 Å². The van der Waals surface area contributed by atoms with Crippen LogP contribution in [0.1, 0.15) is 25.8 Å². The number of pyridine rings is 1. The van der Waals surface area contributed by atoms with Gasteiger partial charge in [-0.25, -0.2) is 0 Å². The molecule has 0 aliphatic rings. The van der Waals surface area contributed by atoms with Crippen LogP contribution in [-0.2, 0) is 0 Å². The molecule has 1 aromatic heterocycles. The Morgan fingerprint density at radius 2 is 1.95 bits per heavy atom. The Bertz CT molecular complexity index is 649. The first-order valence-electron chi connectivity index (χ1n) is 7.33. The third kappa shape index (κ3) is 4.57. The van der Waals surface area contributed by atoms with Crippen molar-refractivity contribution in [3.05, 3.63) is 84.6 Å². The van der Waals surface area contributed by atoms with E-state index in [0.717, 1.165) is 17.7 Å². The zero-order chi connectivity index (χ0) is 14.9. The number of benzene rings is 1. The standard InChI is InChI=1S/C20H21N/c1-3-4-5-6-7-11-17(2)18-12-10-13-19(16-18)20-14-8-9-15-21-20/h4-16H,3H2,1-2H3/b5-4+,7-6-,17-11+. The highest BCUT2D eigenvalue weighted by Gasteiger charge is 2.00. The molecule has 1 nitrogen and oxygen atoms in total. The van der Waals surface area contributed by atoms with Crippen molar-refractivity contribution in [1.29, 1.82) is 0 Å². The first-order chi connectivity index (χ1) is 10.3. The number of aromatic nitrogens is 1.